The van der Waals surface area contributed by atoms with Crippen LogP contribution in [0, 0.1) is 0 Å². The minimum absolute atomic E-state index is 0.00323. The molecule has 2 aromatic heterocycles. The van der Waals surface area contributed by atoms with Crippen LogP contribution in [0.1, 0.15) is 84.2 Å². The average Bonchev–Trinajstić information content (AvgIpc) is 3.77. The molecule has 6 heterocycles. The Bertz CT molecular complexity index is 1960. The molecule has 2 amide bonds. The fraction of sp³-hybridized carbons (Fsp3) is 0.487. The van der Waals surface area contributed by atoms with Crippen molar-refractivity contribution in [2.24, 2.45) is 12.8 Å². The number of aromatic nitrogens is 4. The molecule has 2 aromatic carbocycles. The molecule has 4 aromatic rings. The molecular formula is C39H47F2N9O2. The maximum Gasteiger partial charge on any atom is 0.264 e. The molecule has 0 unspecified atom stereocenters. The van der Waals surface area contributed by atoms with Gasteiger partial charge in [0.15, 0.2) is 5.82 Å². The van der Waals surface area contributed by atoms with Crippen molar-refractivity contribution in [3.8, 4) is 11.1 Å². The minimum Gasteiger partial charge on any atom is -0.371 e. The Morgan fingerprint density at radius 2 is 1.65 bits per heavy atom. The number of aryl methyl sites for hydroxylation is 2. The van der Waals surface area contributed by atoms with E-state index in [1.807, 2.05) is 23.1 Å². The van der Waals surface area contributed by atoms with E-state index in [4.69, 9.17) is 10.8 Å². The summed E-state index contributed by atoms with van der Waals surface area (Å²) in [6.45, 7) is 7.34. The summed E-state index contributed by atoms with van der Waals surface area (Å²) in [7, 11) is 1.79. The van der Waals surface area contributed by atoms with Crippen LogP contribution in [-0.2, 0) is 31.2 Å². The molecule has 13 heteroatoms. The third-order valence-corrected chi connectivity index (χ3v) is 11.7. The van der Waals surface area contributed by atoms with Crippen LogP contribution in [0.4, 0.5) is 26.0 Å². The highest BCUT2D eigenvalue weighted by Gasteiger charge is 2.36. The number of hydrogen-bond acceptors (Lipinski definition) is 7. The van der Waals surface area contributed by atoms with Gasteiger partial charge in [-0.3, -0.25) is 19.0 Å². The molecule has 8 rings (SSSR count). The fourth-order valence-corrected chi connectivity index (χ4v) is 8.90. The van der Waals surface area contributed by atoms with Crippen molar-refractivity contribution in [3.05, 3.63) is 76.7 Å². The molecule has 4 aliphatic heterocycles. The second-order valence-electron chi connectivity index (χ2n) is 14.8. The van der Waals surface area contributed by atoms with Crippen molar-refractivity contribution in [3.63, 3.8) is 0 Å². The highest BCUT2D eigenvalue weighted by Crippen LogP contribution is 2.44. The summed E-state index contributed by atoms with van der Waals surface area (Å²) in [5.74, 6) is 0.427. The lowest BCUT2D eigenvalue weighted by Crippen LogP contribution is -2.48. The molecule has 0 spiro atoms. The number of alkyl halides is 2. The summed E-state index contributed by atoms with van der Waals surface area (Å²) < 4.78 is 33.2. The Kier molecular flexibility index (Phi) is 9.23. The Balaban J connectivity index is 1.02. The number of hydrogen-bond donors (Lipinski definition) is 1. The van der Waals surface area contributed by atoms with Crippen LogP contribution in [-0.4, -0.2) is 86.5 Å². The van der Waals surface area contributed by atoms with Gasteiger partial charge in [0.2, 0.25) is 11.8 Å². The molecule has 0 saturated carbocycles. The van der Waals surface area contributed by atoms with Gasteiger partial charge >= 0.3 is 0 Å². The Labute approximate surface area is 302 Å². The number of rotatable bonds is 7. The predicted octanol–water partition coefficient (Wildman–Crippen LogP) is 5.61. The number of carbonyl (C=O) groups is 2. The van der Waals surface area contributed by atoms with Crippen molar-refractivity contribution in [2.45, 2.75) is 76.9 Å². The fourth-order valence-electron chi connectivity index (χ4n) is 8.90. The first-order valence-corrected chi connectivity index (χ1v) is 18.6. The molecule has 2 N–H and O–H groups in total. The van der Waals surface area contributed by atoms with Crippen molar-refractivity contribution in [2.75, 3.05) is 49.1 Å². The van der Waals surface area contributed by atoms with E-state index >= 15 is 0 Å². The topological polar surface area (TPSA) is 109 Å². The second-order valence-corrected chi connectivity index (χ2v) is 14.8. The predicted molar refractivity (Wildman–Crippen MR) is 196 cm³/mol. The summed E-state index contributed by atoms with van der Waals surface area (Å²) in [4.78, 5) is 33.1. The lowest BCUT2D eigenvalue weighted by atomic mass is 9.92. The van der Waals surface area contributed by atoms with Gasteiger partial charge in [-0.05, 0) is 86.1 Å². The van der Waals surface area contributed by atoms with Gasteiger partial charge in [0.1, 0.15) is 0 Å². The SMILES string of the molecule is CC(=O)N1CCc2c(c(N3CCCc4cc(-c5cnn(C)c5)c(C(F)F)cc43)nn2C2CCN(C3CCN(c4ccc(C(N)=O)cc4)CC3)CC2)C1. The third-order valence-electron chi connectivity index (χ3n) is 11.7. The lowest BCUT2D eigenvalue weighted by molar-refractivity contribution is -0.129. The number of nitrogens with two attached hydrogens (primary N) is 1. The van der Waals surface area contributed by atoms with E-state index < -0.39 is 12.3 Å². The van der Waals surface area contributed by atoms with E-state index in [2.05, 4.69) is 24.5 Å². The quantitative estimate of drug-likeness (QED) is 0.266. The summed E-state index contributed by atoms with van der Waals surface area (Å²) >= 11 is 0. The molecular weight excluding hydrogens is 664 g/mol. The van der Waals surface area contributed by atoms with E-state index in [1.54, 1.807) is 49.2 Å². The molecule has 0 atom stereocenters. The lowest BCUT2D eigenvalue weighted by Gasteiger charge is -2.42. The molecule has 11 nitrogen and oxygen atoms in total. The second kappa shape index (κ2) is 14.0. The van der Waals surface area contributed by atoms with E-state index in [1.165, 1.54) is 5.69 Å². The van der Waals surface area contributed by atoms with Gasteiger partial charge in [-0.1, -0.05) is 0 Å². The van der Waals surface area contributed by atoms with Crippen molar-refractivity contribution >= 4 is 29.0 Å². The summed E-state index contributed by atoms with van der Waals surface area (Å²) in [5, 5.41) is 9.57. The number of halogens is 2. The standard InChI is InChI=1S/C39H47F2N9O2/c1-25(51)48-19-13-35-34(24-48)39(49-14-3-4-27-20-32(28-22-43-45(2)23-28)33(37(40)41)21-36(27)49)44-50(35)31-11-17-47(18-12-31)30-9-15-46(16-10-30)29-7-5-26(6-8-29)38(42)52/h5-8,20-23,30-31,37H,3-4,9-19,24H2,1-2H3,(H2,42,52). The number of piperidine rings is 2. The van der Waals surface area contributed by atoms with Gasteiger partial charge in [-0.15, -0.1) is 0 Å². The zero-order chi connectivity index (χ0) is 36.1. The number of fused-ring (bicyclic) bond motifs is 2. The largest absolute Gasteiger partial charge is 0.371 e. The third kappa shape index (κ3) is 6.44. The number of carbonyl (C=O) groups excluding carboxylic acids is 2. The van der Waals surface area contributed by atoms with Gasteiger partial charge < -0.3 is 25.3 Å². The van der Waals surface area contributed by atoms with Gasteiger partial charge in [0.05, 0.1) is 18.8 Å². The van der Waals surface area contributed by atoms with Crippen LogP contribution in [0.2, 0.25) is 0 Å². The van der Waals surface area contributed by atoms with Crippen LogP contribution in [0.5, 0.6) is 0 Å². The number of benzene rings is 2. The van der Waals surface area contributed by atoms with Crippen molar-refractivity contribution in [1.82, 2.24) is 29.4 Å². The highest BCUT2D eigenvalue weighted by atomic mass is 19.3. The van der Waals surface area contributed by atoms with Crippen LogP contribution in [0.25, 0.3) is 11.1 Å². The Hall–Kier alpha value is -4.78. The first-order valence-electron chi connectivity index (χ1n) is 18.6. The number of primary amides is 1. The zero-order valence-corrected chi connectivity index (χ0v) is 30.0. The monoisotopic (exact) mass is 711 g/mol. The van der Waals surface area contributed by atoms with Gasteiger partial charge in [-0.2, -0.15) is 10.2 Å². The molecule has 2 saturated heterocycles. The highest BCUT2D eigenvalue weighted by molar-refractivity contribution is 5.93. The first-order chi connectivity index (χ1) is 25.1. The maximum absolute atomic E-state index is 14.7. The molecule has 52 heavy (non-hydrogen) atoms. The summed E-state index contributed by atoms with van der Waals surface area (Å²) in [6, 6.07) is 11.9. The number of nitrogens with zero attached hydrogens (tertiary/aromatic N) is 8. The van der Waals surface area contributed by atoms with Crippen molar-refractivity contribution in [1.29, 1.82) is 0 Å². The van der Waals surface area contributed by atoms with E-state index in [0.717, 1.165) is 99.4 Å². The summed E-state index contributed by atoms with van der Waals surface area (Å²) in [6.07, 6.45) is 7.32. The van der Waals surface area contributed by atoms with Gasteiger partial charge in [-0.25, -0.2) is 8.78 Å². The Morgan fingerprint density at radius 1 is 0.923 bits per heavy atom. The van der Waals surface area contributed by atoms with Crippen molar-refractivity contribution < 1.29 is 18.4 Å². The summed E-state index contributed by atoms with van der Waals surface area (Å²) in [5.41, 5.74) is 12.3. The molecule has 4 aliphatic rings. The van der Waals surface area contributed by atoms with E-state index in [-0.39, 0.29) is 17.5 Å². The van der Waals surface area contributed by atoms with Crippen LogP contribution in [0.15, 0.2) is 48.8 Å². The normalized spacial score (nSPS) is 18.9. The molecule has 0 bridgehead atoms. The van der Waals surface area contributed by atoms with Gasteiger partial charge in [0, 0.05) is 111 Å². The zero-order valence-electron chi connectivity index (χ0n) is 30.0. The molecule has 274 valence electrons. The van der Waals surface area contributed by atoms with Gasteiger partial charge in [0.25, 0.3) is 6.43 Å². The Morgan fingerprint density at radius 3 is 2.31 bits per heavy atom. The van der Waals surface area contributed by atoms with Crippen LogP contribution in [0.3, 0.4) is 0 Å². The van der Waals surface area contributed by atoms with Crippen LogP contribution >= 0.6 is 0 Å². The van der Waals surface area contributed by atoms with E-state index in [0.29, 0.717) is 42.4 Å². The number of amides is 2. The first kappa shape index (κ1) is 34.3. The molecule has 0 radical (unpaired) electrons. The number of likely N-dealkylation sites (tertiary alicyclic amines) is 1. The average molecular weight is 712 g/mol. The minimum atomic E-state index is -2.64. The van der Waals surface area contributed by atoms with E-state index in [9.17, 15) is 18.4 Å². The number of anilines is 3. The molecule has 0 aliphatic carbocycles. The smallest absolute Gasteiger partial charge is 0.264 e. The van der Waals surface area contributed by atoms with Crippen LogP contribution < -0.4 is 15.5 Å². The maximum atomic E-state index is 14.7. The molecule has 2 fully saturated rings.